The lowest BCUT2D eigenvalue weighted by atomic mass is 10.0. The van der Waals surface area contributed by atoms with Crippen LogP contribution >= 0.6 is 11.6 Å². The molecule has 3 rings (SSSR count). The summed E-state index contributed by atoms with van der Waals surface area (Å²) < 4.78 is 33.9. The number of rotatable bonds is 7. The predicted molar refractivity (Wildman–Crippen MR) is 119 cm³/mol. The molecule has 2 aromatic rings. The van der Waals surface area contributed by atoms with Gasteiger partial charge >= 0.3 is 0 Å². The number of hydrogen-bond donors (Lipinski definition) is 0. The number of benzene rings is 2. The van der Waals surface area contributed by atoms with Gasteiger partial charge in [-0.05, 0) is 62.1 Å². The van der Waals surface area contributed by atoms with Crippen LogP contribution in [0.4, 0.5) is 5.69 Å². The number of carbonyl (C=O) groups is 1. The van der Waals surface area contributed by atoms with Gasteiger partial charge in [0.25, 0.3) is 10.0 Å². The first-order valence-corrected chi connectivity index (χ1v) is 11.9. The number of amides is 1. The standard InChI is InChI=1S/C22H27ClN2O4S/c1-3-29-21-9-5-4-8-20(21)25(16-22(26)24-14-6-7-17(2)15-24)30(27,28)19-12-10-18(23)11-13-19/h4-5,8-13,17H,3,6-7,14-16H2,1-2H3/t17-/m1/s1. The molecule has 1 saturated heterocycles. The topological polar surface area (TPSA) is 66.9 Å². The first kappa shape index (κ1) is 22.4. The van der Waals surface area contributed by atoms with Crippen molar-refractivity contribution in [3.8, 4) is 5.75 Å². The molecule has 0 unspecified atom stereocenters. The molecule has 1 aliphatic rings. The summed E-state index contributed by atoms with van der Waals surface area (Å²) >= 11 is 5.94. The Balaban J connectivity index is 2.01. The van der Waals surface area contributed by atoms with E-state index in [0.29, 0.717) is 42.1 Å². The molecule has 162 valence electrons. The van der Waals surface area contributed by atoms with Gasteiger partial charge in [-0.25, -0.2) is 8.42 Å². The zero-order chi connectivity index (χ0) is 21.7. The number of hydrogen-bond acceptors (Lipinski definition) is 4. The number of piperidine rings is 1. The fourth-order valence-electron chi connectivity index (χ4n) is 3.61. The molecule has 1 amide bonds. The van der Waals surface area contributed by atoms with Crippen molar-refractivity contribution in [1.29, 1.82) is 0 Å². The summed E-state index contributed by atoms with van der Waals surface area (Å²) in [5.41, 5.74) is 0.340. The largest absolute Gasteiger partial charge is 0.492 e. The molecule has 6 nitrogen and oxygen atoms in total. The van der Waals surface area contributed by atoms with Crippen LogP contribution in [0.25, 0.3) is 0 Å². The Morgan fingerprint density at radius 1 is 1.20 bits per heavy atom. The van der Waals surface area contributed by atoms with Crippen LogP contribution in [0.2, 0.25) is 5.02 Å². The Kier molecular flexibility index (Phi) is 7.26. The molecule has 0 radical (unpaired) electrons. The fourth-order valence-corrected chi connectivity index (χ4v) is 5.16. The van der Waals surface area contributed by atoms with Crippen molar-refractivity contribution in [3.05, 3.63) is 53.6 Å². The van der Waals surface area contributed by atoms with Gasteiger partial charge in [-0.3, -0.25) is 9.10 Å². The van der Waals surface area contributed by atoms with E-state index in [9.17, 15) is 13.2 Å². The smallest absolute Gasteiger partial charge is 0.264 e. The van der Waals surface area contributed by atoms with Crippen LogP contribution in [0.5, 0.6) is 5.75 Å². The second kappa shape index (κ2) is 9.71. The molecule has 1 aliphatic heterocycles. The lowest BCUT2D eigenvalue weighted by Gasteiger charge is -2.33. The van der Waals surface area contributed by atoms with E-state index in [1.165, 1.54) is 24.3 Å². The Hall–Kier alpha value is -2.25. The molecule has 0 bridgehead atoms. The molecule has 1 heterocycles. The van der Waals surface area contributed by atoms with Crippen molar-refractivity contribution >= 4 is 33.2 Å². The normalized spacial score (nSPS) is 16.9. The van der Waals surface area contributed by atoms with Gasteiger partial charge in [0.05, 0.1) is 17.2 Å². The van der Waals surface area contributed by atoms with Gasteiger partial charge in [-0.15, -0.1) is 0 Å². The van der Waals surface area contributed by atoms with E-state index in [1.807, 2.05) is 6.92 Å². The summed E-state index contributed by atoms with van der Waals surface area (Å²) in [6.45, 7) is 5.30. The quantitative estimate of drug-likeness (QED) is 0.634. The van der Waals surface area contributed by atoms with Crippen molar-refractivity contribution in [2.45, 2.75) is 31.6 Å². The fraction of sp³-hybridized carbons (Fsp3) is 0.409. The Bertz CT molecular complexity index is 979. The number of carbonyl (C=O) groups excluding carboxylic acids is 1. The van der Waals surface area contributed by atoms with Gasteiger partial charge in [-0.1, -0.05) is 30.7 Å². The molecule has 0 saturated carbocycles. The van der Waals surface area contributed by atoms with Crippen molar-refractivity contribution in [3.63, 3.8) is 0 Å². The van der Waals surface area contributed by atoms with E-state index >= 15 is 0 Å². The van der Waals surface area contributed by atoms with Gasteiger partial charge in [0, 0.05) is 18.1 Å². The van der Waals surface area contributed by atoms with Gasteiger partial charge in [0.1, 0.15) is 12.3 Å². The van der Waals surface area contributed by atoms with Crippen LogP contribution in [0.3, 0.4) is 0 Å². The minimum Gasteiger partial charge on any atom is -0.492 e. The van der Waals surface area contributed by atoms with E-state index in [2.05, 4.69) is 6.92 Å². The molecular formula is C22H27ClN2O4S. The highest BCUT2D eigenvalue weighted by molar-refractivity contribution is 7.92. The van der Waals surface area contributed by atoms with E-state index in [1.54, 1.807) is 29.2 Å². The van der Waals surface area contributed by atoms with E-state index < -0.39 is 10.0 Å². The highest BCUT2D eigenvalue weighted by atomic mass is 35.5. The third-order valence-electron chi connectivity index (χ3n) is 5.12. The molecule has 0 aliphatic carbocycles. The van der Waals surface area contributed by atoms with Crippen LogP contribution in [-0.2, 0) is 14.8 Å². The minimum absolute atomic E-state index is 0.0676. The zero-order valence-corrected chi connectivity index (χ0v) is 18.8. The van der Waals surface area contributed by atoms with Gasteiger partial charge in [0.2, 0.25) is 5.91 Å². The van der Waals surface area contributed by atoms with Crippen LogP contribution in [0, 0.1) is 5.92 Å². The molecule has 0 aromatic heterocycles. The SMILES string of the molecule is CCOc1ccccc1N(CC(=O)N1CCC[C@@H](C)C1)S(=O)(=O)c1ccc(Cl)cc1. The maximum Gasteiger partial charge on any atom is 0.264 e. The molecular weight excluding hydrogens is 424 g/mol. The number of sulfonamides is 1. The summed E-state index contributed by atoms with van der Waals surface area (Å²) in [4.78, 5) is 14.9. The third-order valence-corrected chi connectivity index (χ3v) is 7.15. The summed E-state index contributed by atoms with van der Waals surface area (Å²) in [7, 11) is -4.01. The number of likely N-dealkylation sites (tertiary alicyclic amines) is 1. The van der Waals surface area contributed by atoms with Crippen molar-refractivity contribution in [2.24, 2.45) is 5.92 Å². The molecule has 1 atom stereocenters. The third kappa shape index (κ3) is 5.08. The molecule has 8 heteroatoms. The second-order valence-corrected chi connectivity index (χ2v) is 9.75. The molecule has 1 fully saturated rings. The minimum atomic E-state index is -4.01. The van der Waals surface area contributed by atoms with E-state index in [0.717, 1.165) is 17.1 Å². The number of halogens is 1. The lowest BCUT2D eigenvalue weighted by molar-refractivity contribution is -0.131. The van der Waals surface area contributed by atoms with E-state index in [4.69, 9.17) is 16.3 Å². The average molecular weight is 451 g/mol. The molecule has 2 aromatic carbocycles. The number of anilines is 1. The van der Waals surface area contributed by atoms with Gasteiger partial charge in [0.15, 0.2) is 0 Å². The molecule has 0 N–H and O–H groups in total. The van der Waals surface area contributed by atoms with Gasteiger partial charge < -0.3 is 9.64 Å². The van der Waals surface area contributed by atoms with Crippen LogP contribution in [-0.4, -0.2) is 45.5 Å². The highest BCUT2D eigenvalue weighted by Gasteiger charge is 2.32. The maximum absolute atomic E-state index is 13.5. The first-order valence-electron chi connectivity index (χ1n) is 10.1. The summed E-state index contributed by atoms with van der Waals surface area (Å²) in [6.07, 6.45) is 2.00. The summed E-state index contributed by atoms with van der Waals surface area (Å²) in [5.74, 6) is 0.600. The van der Waals surface area contributed by atoms with Crippen LogP contribution in [0.1, 0.15) is 26.7 Å². The Morgan fingerprint density at radius 3 is 2.57 bits per heavy atom. The lowest BCUT2D eigenvalue weighted by Crippen LogP contribution is -2.46. The maximum atomic E-state index is 13.5. The molecule has 30 heavy (non-hydrogen) atoms. The summed E-state index contributed by atoms with van der Waals surface area (Å²) in [6, 6.07) is 12.8. The van der Waals surface area contributed by atoms with Crippen molar-refractivity contribution in [2.75, 3.05) is 30.5 Å². The number of nitrogens with zero attached hydrogens (tertiary/aromatic N) is 2. The average Bonchev–Trinajstić information content (AvgIpc) is 2.73. The van der Waals surface area contributed by atoms with Crippen molar-refractivity contribution in [1.82, 2.24) is 4.90 Å². The van der Waals surface area contributed by atoms with Crippen LogP contribution < -0.4 is 9.04 Å². The van der Waals surface area contributed by atoms with Gasteiger partial charge in [-0.2, -0.15) is 0 Å². The molecule has 0 spiro atoms. The van der Waals surface area contributed by atoms with Crippen molar-refractivity contribution < 1.29 is 17.9 Å². The number of ether oxygens (including phenoxy) is 1. The zero-order valence-electron chi connectivity index (χ0n) is 17.3. The predicted octanol–water partition coefficient (Wildman–Crippen LogP) is 4.19. The number of para-hydroxylation sites is 2. The highest BCUT2D eigenvalue weighted by Crippen LogP contribution is 2.33. The second-order valence-electron chi connectivity index (χ2n) is 7.45. The van der Waals surface area contributed by atoms with E-state index in [-0.39, 0.29) is 17.3 Å². The Labute approximate surface area is 183 Å². The Morgan fingerprint density at radius 2 is 1.90 bits per heavy atom. The van der Waals surface area contributed by atoms with Crippen LogP contribution in [0.15, 0.2) is 53.4 Å². The first-order chi connectivity index (χ1) is 14.3. The summed E-state index contributed by atoms with van der Waals surface area (Å²) in [5, 5.41) is 0.439. The monoisotopic (exact) mass is 450 g/mol.